The number of aliphatic imine (C=N–C) groups is 2. The third-order valence-corrected chi connectivity index (χ3v) is 4.14. The van der Waals surface area contributed by atoms with Crippen LogP contribution in [0.5, 0.6) is 0 Å². The van der Waals surface area contributed by atoms with E-state index >= 15 is 0 Å². The number of aromatic nitrogens is 2. The first kappa shape index (κ1) is 33.3. The molecule has 33 heavy (non-hydrogen) atoms. The Labute approximate surface area is 246 Å². The van der Waals surface area contributed by atoms with Crippen LogP contribution in [0, 0.1) is 0 Å². The molecular weight excluding hydrogens is 730 g/mol. The van der Waals surface area contributed by atoms with Crippen molar-refractivity contribution in [2.45, 2.75) is 4.90 Å². The van der Waals surface area contributed by atoms with Gasteiger partial charge in [-0.2, -0.15) is 0 Å². The van der Waals surface area contributed by atoms with Gasteiger partial charge in [-0.1, -0.05) is 12.1 Å². The number of halogens is 4. The molecule has 0 radical (unpaired) electrons. The maximum atomic E-state index is 11.6. The molecule has 0 aliphatic rings. The van der Waals surface area contributed by atoms with E-state index in [0.717, 1.165) is 0 Å². The summed E-state index contributed by atoms with van der Waals surface area (Å²) in [6, 6.07) is 14.7. The Balaban J connectivity index is 0.00000132. The van der Waals surface area contributed by atoms with Crippen molar-refractivity contribution in [1.29, 1.82) is 0 Å². The molecule has 178 valence electrons. The second-order valence-corrected chi connectivity index (χ2v) is 11.3. The zero-order valence-electron chi connectivity index (χ0n) is 16.6. The van der Waals surface area contributed by atoms with Gasteiger partial charge >= 0.3 is 99.6 Å². The smallest absolute Gasteiger partial charge is 1.00 e. The quantitative estimate of drug-likeness (QED) is 0.227. The maximum absolute atomic E-state index is 11.6. The zero-order valence-corrected chi connectivity index (χ0v) is 25.5. The minimum absolute atomic E-state index is 0. The summed E-state index contributed by atoms with van der Waals surface area (Å²) < 4.78 is 34.7. The fourth-order valence-corrected chi connectivity index (χ4v) is 2.71. The third kappa shape index (κ3) is 14.4. The van der Waals surface area contributed by atoms with Crippen molar-refractivity contribution in [3.63, 3.8) is 0 Å². The van der Waals surface area contributed by atoms with Gasteiger partial charge in [0.2, 0.25) is 0 Å². The average Bonchev–Trinajstić information content (AvgIpc) is 2.78. The van der Waals surface area contributed by atoms with Crippen LogP contribution in [0.1, 0.15) is 11.4 Å². The van der Waals surface area contributed by atoms with E-state index in [4.69, 9.17) is 38.1 Å². The Kier molecular flexibility index (Phi) is 19.6. The minimum Gasteiger partial charge on any atom is 1.00 e. The van der Waals surface area contributed by atoms with Gasteiger partial charge in [0.1, 0.15) is 10.1 Å². The summed E-state index contributed by atoms with van der Waals surface area (Å²) in [5.41, 5.74) is 1.49. The van der Waals surface area contributed by atoms with Crippen molar-refractivity contribution in [3.8, 4) is 0 Å². The molecule has 0 saturated carbocycles. The van der Waals surface area contributed by atoms with Crippen molar-refractivity contribution in [1.82, 2.24) is 9.97 Å². The second kappa shape index (κ2) is 19.4. The molecule has 0 atom stereocenters. The molecule has 0 bridgehead atoms. The van der Waals surface area contributed by atoms with Gasteiger partial charge in [0.05, 0.1) is 40.1 Å². The Hall–Kier alpha value is 0.255. The van der Waals surface area contributed by atoms with Gasteiger partial charge in [-0.3, -0.25) is 20.0 Å². The van der Waals surface area contributed by atoms with Crippen molar-refractivity contribution in [3.05, 3.63) is 78.4 Å². The summed E-state index contributed by atoms with van der Waals surface area (Å²) in [7, 11) is 14.5. The molecule has 3 aromatic rings. The molecule has 7 nitrogen and oxygen atoms in total. The van der Waals surface area contributed by atoms with Crippen LogP contribution in [0.2, 0.25) is 0 Å². The predicted molar refractivity (Wildman–Crippen MR) is 121 cm³/mol. The molecule has 1 aromatic carbocycles. The number of hydrogen-bond acceptors (Lipinski definition) is 7. The second-order valence-electron chi connectivity index (χ2n) is 5.22. The molecule has 2 aromatic heterocycles. The molecule has 0 amide bonds. The van der Waals surface area contributed by atoms with E-state index in [1.807, 2.05) is 0 Å². The van der Waals surface area contributed by atoms with E-state index in [9.17, 15) is 13.0 Å². The summed E-state index contributed by atoms with van der Waals surface area (Å²) in [4.78, 5) is 15.9. The first-order valence-corrected chi connectivity index (χ1v) is 17.4. The molecule has 0 spiro atoms. The van der Waals surface area contributed by atoms with E-state index in [-0.39, 0.29) is 67.1 Å². The van der Waals surface area contributed by atoms with E-state index in [1.54, 1.807) is 54.9 Å². The molecule has 0 unspecified atom stereocenters. The molecule has 0 N–H and O–H groups in total. The number of pyridine rings is 2. The number of hydrogen-bond donors (Lipinski definition) is 0. The van der Waals surface area contributed by atoms with Crippen LogP contribution in [-0.2, 0) is 42.0 Å². The largest absolute Gasteiger partial charge is 1.00 e. The molecule has 15 heteroatoms. The summed E-state index contributed by atoms with van der Waals surface area (Å²) in [5.74, 6) is 0. The summed E-state index contributed by atoms with van der Waals surface area (Å²) in [5, 5.41) is 0. The van der Waals surface area contributed by atoms with E-state index < -0.39 is 15.0 Å². The summed E-state index contributed by atoms with van der Waals surface area (Å²) in [6.07, 6.45) is 6.07. The first-order chi connectivity index (χ1) is 15.3. The SMILES string of the molecule is O=S(=O)([O-])c1cc(N=Cc2ccccn2)ccc1N=Cc1ccccn1.[Cl][Pd][Cl].[Cl][Pd][Cl].[Na+]. The van der Waals surface area contributed by atoms with E-state index in [0.29, 0.717) is 17.1 Å². The third-order valence-electron chi connectivity index (χ3n) is 3.27. The Morgan fingerprint density at radius 3 is 1.73 bits per heavy atom. The standard InChI is InChI=1S/C18H14N4O3S.4ClH.Na.2Pd/c23-26(24,25)18-11-14(21-12-15-5-1-3-9-19-15)7-8-17(18)22-13-16-6-2-4-10-20-16;;;;;;;/h1-13H,(H,23,24,25);4*1H;;;/q;;;;;+1;2*+2/p-5. The van der Waals surface area contributed by atoms with Gasteiger partial charge in [-0.15, -0.1) is 0 Å². The van der Waals surface area contributed by atoms with Gasteiger partial charge in [-0.05, 0) is 42.5 Å². The van der Waals surface area contributed by atoms with Crippen LogP contribution >= 0.6 is 38.1 Å². The van der Waals surface area contributed by atoms with Crippen molar-refractivity contribution in [2.24, 2.45) is 9.98 Å². The van der Waals surface area contributed by atoms with Crippen LogP contribution in [0.25, 0.3) is 0 Å². The maximum Gasteiger partial charge on any atom is 1.00 e. The van der Waals surface area contributed by atoms with Crippen molar-refractivity contribution < 1.29 is 74.4 Å². The van der Waals surface area contributed by atoms with Gasteiger partial charge in [0, 0.05) is 12.4 Å². The van der Waals surface area contributed by atoms with Gasteiger partial charge in [0.25, 0.3) is 0 Å². The zero-order chi connectivity index (χ0) is 23.8. The van der Waals surface area contributed by atoms with Crippen LogP contribution in [-0.4, -0.2) is 35.4 Å². The van der Waals surface area contributed by atoms with Crippen molar-refractivity contribution in [2.75, 3.05) is 0 Å². The molecule has 0 aliphatic carbocycles. The molecule has 2 heterocycles. The molecule has 3 rings (SSSR count). The van der Waals surface area contributed by atoms with Crippen LogP contribution < -0.4 is 29.6 Å². The molecule has 0 aliphatic heterocycles. The normalized spacial score (nSPS) is 10.8. The Morgan fingerprint density at radius 2 is 1.30 bits per heavy atom. The van der Waals surface area contributed by atoms with Gasteiger partial charge < -0.3 is 4.55 Å². The predicted octanol–water partition coefficient (Wildman–Crippen LogP) is 2.64. The average molecular weight is 743 g/mol. The fourth-order valence-electron chi connectivity index (χ4n) is 2.07. The topological polar surface area (TPSA) is 108 Å². The van der Waals surface area contributed by atoms with Crippen LogP contribution in [0.15, 0.2) is 81.9 Å². The van der Waals surface area contributed by atoms with Crippen LogP contribution in [0.3, 0.4) is 0 Å². The van der Waals surface area contributed by atoms with Crippen molar-refractivity contribution >= 4 is 72.0 Å². The van der Waals surface area contributed by atoms with Crippen LogP contribution in [0.4, 0.5) is 11.4 Å². The number of benzene rings is 1. The monoisotopic (exact) mass is 740 g/mol. The molecule has 0 fully saturated rings. The van der Waals surface area contributed by atoms with Gasteiger partial charge in [0.15, 0.2) is 0 Å². The minimum atomic E-state index is -4.72. The number of rotatable bonds is 5. The first-order valence-electron chi connectivity index (χ1n) is 8.00. The fraction of sp³-hybridized carbons (Fsp3) is 0. The summed E-state index contributed by atoms with van der Waals surface area (Å²) in [6.45, 7) is 0. The van der Waals surface area contributed by atoms with E-state index in [1.165, 1.54) is 24.6 Å². The molecule has 0 saturated heterocycles. The van der Waals surface area contributed by atoms with Gasteiger partial charge in [-0.25, -0.2) is 8.42 Å². The summed E-state index contributed by atoms with van der Waals surface area (Å²) >= 11 is -0.211. The molecular formula is C18H13Cl4N4NaO3Pd2S. The Morgan fingerprint density at radius 1 is 0.818 bits per heavy atom. The van der Waals surface area contributed by atoms with E-state index in [2.05, 4.69) is 20.0 Å². The Bertz CT molecular complexity index is 1110. The number of nitrogens with zero attached hydrogens (tertiary/aromatic N) is 4.